The molecular weight excluding hydrogens is 266 g/mol. The maximum atomic E-state index is 12.2. The van der Waals surface area contributed by atoms with Gasteiger partial charge in [-0.2, -0.15) is 5.10 Å². The van der Waals surface area contributed by atoms with E-state index < -0.39 is 0 Å². The van der Waals surface area contributed by atoms with Gasteiger partial charge in [0.25, 0.3) is 0 Å². The maximum absolute atomic E-state index is 12.2. The van der Waals surface area contributed by atoms with Crippen LogP contribution in [-0.4, -0.2) is 31.8 Å². The fourth-order valence-electron chi connectivity index (χ4n) is 2.36. The van der Waals surface area contributed by atoms with Crippen LogP contribution in [0.3, 0.4) is 0 Å². The molecule has 1 atom stereocenters. The van der Waals surface area contributed by atoms with Crippen LogP contribution in [0, 0.1) is 27.7 Å². The SMILES string of the molecule is Cc1nn(CCNC(=O)C(C)n2ccnc2C)c(C)c1C. The van der Waals surface area contributed by atoms with E-state index in [0.717, 1.165) is 17.2 Å². The molecule has 0 bridgehead atoms. The second-order valence-corrected chi connectivity index (χ2v) is 5.37. The zero-order valence-corrected chi connectivity index (χ0v) is 13.3. The first kappa shape index (κ1) is 15.3. The Morgan fingerprint density at radius 2 is 2.05 bits per heavy atom. The van der Waals surface area contributed by atoms with E-state index in [1.165, 1.54) is 5.56 Å². The summed E-state index contributed by atoms with van der Waals surface area (Å²) in [4.78, 5) is 16.3. The predicted molar refractivity (Wildman–Crippen MR) is 81.1 cm³/mol. The summed E-state index contributed by atoms with van der Waals surface area (Å²) < 4.78 is 3.81. The van der Waals surface area contributed by atoms with Gasteiger partial charge in [0.15, 0.2) is 0 Å². The zero-order valence-electron chi connectivity index (χ0n) is 13.3. The summed E-state index contributed by atoms with van der Waals surface area (Å²) in [5.41, 5.74) is 3.41. The van der Waals surface area contributed by atoms with Crippen molar-refractivity contribution < 1.29 is 4.79 Å². The summed E-state index contributed by atoms with van der Waals surface area (Å²) in [5.74, 6) is 0.834. The molecule has 1 unspecified atom stereocenters. The summed E-state index contributed by atoms with van der Waals surface area (Å²) in [6, 6.07) is -0.255. The van der Waals surface area contributed by atoms with E-state index >= 15 is 0 Å². The fraction of sp³-hybridized carbons (Fsp3) is 0.533. The highest BCUT2D eigenvalue weighted by Crippen LogP contribution is 2.11. The third-order valence-electron chi connectivity index (χ3n) is 4.03. The Kier molecular flexibility index (Phi) is 4.45. The standard InChI is InChI=1S/C15H23N5O/c1-10-11(2)18-20(12(10)3)9-7-17-15(21)13(4)19-8-6-16-14(19)5/h6,8,13H,7,9H2,1-5H3,(H,17,21). The van der Waals surface area contributed by atoms with Gasteiger partial charge < -0.3 is 9.88 Å². The van der Waals surface area contributed by atoms with Crippen LogP contribution in [0.1, 0.15) is 35.7 Å². The first-order valence-corrected chi connectivity index (χ1v) is 7.19. The van der Waals surface area contributed by atoms with Gasteiger partial charge in [0.05, 0.1) is 12.2 Å². The summed E-state index contributed by atoms with van der Waals surface area (Å²) in [6.07, 6.45) is 3.53. The number of amides is 1. The second-order valence-electron chi connectivity index (χ2n) is 5.37. The van der Waals surface area contributed by atoms with Crippen LogP contribution in [0.25, 0.3) is 0 Å². The lowest BCUT2D eigenvalue weighted by Gasteiger charge is -2.15. The molecule has 2 aromatic rings. The van der Waals surface area contributed by atoms with Gasteiger partial charge in [-0.15, -0.1) is 0 Å². The number of carbonyl (C=O) groups excluding carboxylic acids is 1. The molecular formula is C15H23N5O. The van der Waals surface area contributed by atoms with Gasteiger partial charge in [-0.25, -0.2) is 4.98 Å². The highest BCUT2D eigenvalue weighted by Gasteiger charge is 2.15. The van der Waals surface area contributed by atoms with Gasteiger partial charge in [-0.1, -0.05) is 0 Å². The van der Waals surface area contributed by atoms with Crippen LogP contribution in [0.2, 0.25) is 0 Å². The highest BCUT2D eigenvalue weighted by atomic mass is 16.2. The average molecular weight is 289 g/mol. The molecule has 1 amide bonds. The number of nitrogens with one attached hydrogen (secondary N) is 1. The number of carbonyl (C=O) groups is 1. The Labute approximate surface area is 125 Å². The van der Waals surface area contributed by atoms with E-state index in [9.17, 15) is 4.79 Å². The molecule has 0 aliphatic rings. The van der Waals surface area contributed by atoms with Crippen molar-refractivity contribution in [2.45, 2.75) is 47.2 Å². The lowest BCUT2D eigenvalue weighted by molar-refractivity contribution is -0.123. The Morgan fingerprint density at radius 1 is 1.33 bits per heavy atom. The van der Waals surface area contributed by atoms with Crippen LogP contribution >= 0.6 is 0 Å². The molecule has 114 valence electrons. The van der Waals surface area contributed by atoms with Gasteiger partial charge in [-0.05, 0) is 40.2 Å². The Bertz CT molecular complexity index is 641. The molecule has 21 heavy (non-hydrogen) atoms. The minimum Gasteiger partial charge on any atom is -0.352 e. The van der Waals surface area contributed by atoms with Crippen molar-refractivity contribution in [3.05, 3.63) is 35.2 Å². The third kappa shape index (κ3) is 3.15. The minimum absolute atomic E-state index is 0.00523. The van der Waals surface area contributed by atoms with E-state index in [-0.39, 0.29) is 11.9 Å². The van der Waals surface area contributed by atoms with Crippen molar-refractivity contribution in [3.8, 4) is 0 Å². The molecule has 6 heteroatoms. The van der Waals surface area contributed by atoms with E-state index in [0.29, 0.717) is 13.1 Å². The number of aryl methyl sites for hydroxylation is 2. The van der Waals surface area contributed by atoms with Crippen molar-refractivity contribution in [1.82, 2.24) is 24.6 Å². The lowest BCUT2D eigenvalue weighted by Crippen LogP contribution is -2.33. The summed E-state index contributed by atoms with van der Waals surface area (Å²) in [6.45, 7) is 11.1. The van der Waals surface area contributed by atoms with Crippen LogP contribution in [0.15, 0.2) is 12.4 Å². The lowest BCUT2D eigenvalue weighted by atomic mass is 10.2. The normalized spacial score (nSPS) is 12.4. The van der Waals surface area contributed by atoms with E-state index in [1.54, 1.807) is 6.20 Å². The summed E-state index contributed by atoms with van der Waals surface area (Å²) in [5, 5.41) is 7.42. The monoisotopic (exact) mass is 289 g/mol. The van der Waals surface area contributed by atoms with Crippen molar-refractivity contribution in [1.29, 1.82) is 0 Å². The molecule has 0 spiro atoms. The van der Waals surface area contributed by atoms with Gasteiger partial charge in [0.1, 0.15) is 11.9 Å². The van der Waals surface area contributed by atoms with Gasteiger partial charge in [0, 0.05) is 24.6 Å². The summed E-state index contributed by atoms with van der Waals surface area (Å²) >= 11 is 0. The molecule has 6 nitrogen and oxygen atoms in total. The van der Waals surface area contributed by atoms with Crippen molar-refractivity contribution >= 4 is 5.91 Å². The molecule has 0 fully saturated rings. The molecule has 0 aromatic carbocycles. The van der Waals surface area contributed by atoms with Crippen molar-refractivity contribution in [3.63, 3.8) is 0 Å². The molecule has 0 radical (unpaired) electrons. The molecule has 2 heterocycles. The number of hydrogen-bond donors (Lipinski definition) is 1. The molecule has 0 saturated carbocycles. The molecule has 2 aromatic heterocycles. The quantitative estimate of drug-likeness (QED) is 0.911. The Morgan fingerprint density at radius 3 is 2.57 bits per heavy atom. The largest absolute Gasteiger partial charge is 0.352 e. The number of imidazole rings is 1. The zero-order chi connectivity index (χ0) is 15.6. The van der Waals surface area contributed by atoms with Gasteiger partial charge in [0.2, 0.25) is 5.91 Å². The minimum atomic E-state index is -0.255. The number of nitrogens with zero attached hydrogens (tertiary/aromatic N) is 4. The maximum Gasteiger partial charge on any atom is 0.242 e. The van der Waals surface area contributed by atoms with E-state index in [2.05, 4.69) is 29.2 Å². The predicted octanol–water partition coefficient (Wildman–Crippen LogP) is 1.69. The van der Waals surface area contributed by atoms with Crippen LogP contribution in [-0.2, 0) is 11.3 Å². The molecule has 2 rings (SSSR count). The first-order chi connectivity index (χ1) is 9.91. The van der Waals surface area contributed by atoms with Crippen molar-refractivity contribution in [2.75, 3.05) is 6.54 Å². The highest BCUT2D eigenvalue weighted by molar-refractivity contribution is 5.79. The average Bonchev–Trinajstić information content (AvgIpc) is 2.98. The third-order valence-corrected chi connectivity index (χ3v) is 4.03. The molecule has 1 N–H and O–H groups in total. The Balaban J connectivity index is 1.90. The summed E-state index contributed by atoms with van der Waals surface area (Å²) in [7, 11) is 0. The Hall–Kier alpha value is -2.11. The number of aromatic nitrogens is 4. The number of rotatable bonds is 5. The number of hydrogen-bond acceptors (Lipinski definition) is 3. The van der Waals surface area contributed by atoms with E-state index in [1.807, 2.05) is 36.2 Å². The van der Waals surface area contributed by atoms with Crippen LogP contribution < -0.4 is 5.32 Å². The van der Waals surface area contributed by atoms with Crippen LogP contribution in [0.4, 0.5) is 0 Å². The topological polar surface area (TPSA) is 64.7 Å². The van der Waals surface area contributed by atoms with Crippen molar-refractivity contribution in [2.24, 2.45) is 0 Å². The molecule has 0 saturated heterocycles. The van der Waals surface area contributed by atoms with Crippen LogP contribution in [0.5, 0.6) is 0 Å². The molecule has 0 aliphatic carbocycles. The molecule has 0 aliphatic heterocycles. The smallest absolute Gasteiger partial charge is 0.242 e. The second kappa shape index (κ2) is 6.11. The van der Waals surface area contributed by atoms with Gasteiger partial charge >= 0.3 is 0 Å². The van der Waals surface area contributed by atoms with Gasteiger partial charge in [-0.3, -0.25) is 9.48 Å². The van der Waals surface area contributed by atoms with E-state index in [4.69, 9.17) is 0 Å². The fourth-order valence-corrected chi connectivity index (χ4v) is 2.36. The first-order valence-electron chi connectivity index (χ1n) is 7.19.